The van der Waals surface area contributed by atoms with E-state index in [0.29, 0.717) is 6.54 Å². The maximum absolute atomic E-state index is 5.49. The van der Waals surface area contributed by atoms with Crippen molar-refractivity contribution in [1.82, 2.24) is 10.3 Å². The molecule has 0 aliphatic rings. The van der Waals surface area contributed by atoms with Crippen LogP contribution in [0.4, 0.5) is 5.69 Å². The van der Waals surface area contributed by atoms with Crippen LogP contribution in [-0.4, -0.2) is 24.6 Å². The molecule has 0 aliphatic heterocycles. The molecule has 20 heavy (non-hydrogen) atoms. The number of benzene rings is 1. The van der Waals surface area contributed by atoms with Gasteiger partial charge in [0.25, 0.3) is 0 Å². The molecular weight excluding hydrogens is 246 g/mol. The standard InChI is InChI=1S/C17H21N3/c1-4-11-20(6-3)17-12-14(13-18-5-2)19-16-10-8-7-9-15(16)17/h1,7-10,12,18H,5-6,11,13H2,2-3H3. The molecule has 0 unspecified atom stereocenters. The second-order valence-corrected chi connectivity index (χ2v) is 4.65. The highest BCUT2D eigenvalue weighted by molar-refractivity contribution is 5.92. The molecule has 1 heterocycles. The number of nitrogens with one attached hydrogen (secondary N) is 1. The zero-order valence-electron chi connectivity index (χ0n) is 12.2. The molecule has 104 valence electrons. The van der Waals surface area contributed by atoms with Gasteiger partial charge in [0, 0.05) is 24.2 Å². The van der Waals surface area contributed by atoms with Crippen molar-refractivity contribution in [2.45, 2.75) is 20.4 Å². The van der Waals surface area contributed by atoms with Crippen molar-refractivity contribution in [3.05, 3.63) is 36.0 Å². The van der Waals surface area contributed by atoms with E-state index >= 15 is 0 Å². The molecule has 1 aromatic carbocycles. The average molecular weight is 267 g/mol. The van der Waals surface area contributed by atoms with Gasteiger partial charge in [-0.1, -0.05) is 31.0 Å². The minimum Gasteiger partial charge on any atom is -0.360 e. The van der Waals surface area contributed by atoms with E-state index in [-0.39, 0.29) is 0 Å². The minimum absolute atomic E-state index is 0.616. The van der Waals surface area contributed by atoms with E-state index in [1.807, 2.05) is 12.1 Å². The third-order valence-electron chi connectivity index (χ3n) is 3.31. The SMILES string of the molecule is C#CCN(CC)c1cc(CNCC)nc2ccccc12. The van der Waals surface area contributed by atoms with Crippen molar-refractivity contribution in [3.8, 4) is 12.3 Å². The molecule has 0 amide bonds. The molecule has 2 aromatic rings. The Hall–Kier alpha value is -2.05. The minimum atomic E-state index is 0.616. The summed E-state index contributed by atoms with van der Waals surface area (Å²) in [7, 11) is 0. The fraction of sp³-hybridized carbons (Fsp3) is 0.353. The van der Waals surface area contributed by atoms with Crippen LogP contribution >= 0.6 is 0 Å². The first-order valence-electron chi connectivity index (χ1n) is 7.08. The second kappa shape index (κ2) is 6.93. The van der Waals surface area contributed by atoms with Crippen molar-refractivity contribution in [2.24, 2.45) is 0 Å². The van der Waals surface area contributed by atoms with Gasteiger partial charge >= 0.3 is 0 Å². The summed E-state index contributed by atoms with van der Waals surface area (Å²) in [6.45, 7) is 7.44. The van der Waals surface area contributed by atoms with E-state index in [0.717, 1.165) is 36.2 Å². The average Bonchev–Trinajstić information content (AvgIpc) is 2.50. The molecule has 2 rings (SSSR count). The van der Waals surface area contributed by atoms with Crippen LogP contribution in [0.1, 0.15) is 19.5 Å². The number of rotatable bonds is 6. The van der Waals surface area contributed by atoms with Crippen molar-refractivity contribution >= 4 is 16.6 Å². The maximum Gasteiger partial charge on any atom is 0.0791 e. The van der Waals surface area contributed by atoms with E-state index in [2.05, 4.69) is 48.2 Å². The molecule has 3 heteroatoms. The van der Waals surface area contributed by atoms with Crippen LogP contribution < -0.4 is 10.2 Å². The molecule has 0 saturated carbocycles. The fourth-order valence-electron chi connectivity index (χ4n) is 2.29. The van der Waals surface area contributed by atoms with E-state index in [9.17, 15) is 0 Å². The number of anilines is 1. The lowest BCUT2D eigenvalue weighted by atomic mass is 10.1. The maximum atomic E-state index is 5.49. The van der Waals surface area contributed by atoms with Gasteiger partial charge in [-0.2, -0.15) is 0 Å². The number of hydrogen-bond acceptors (Lipinski definition) is 3. The van der Waals surface area contributed by atoms with Crippen molar-refractivity contribution in [1.29, 1.82) is 0 Å². The molecule has 0 fully saturated rings. The topological polar surface area (TPSA) is 28.2 Å². The highest BCUT2D eigenvalue weighted by Gasteiger charge is 2.10. The van der Waals surface area contributed by atoms with Crippen molar-refractivity contribution < 1.29 is 0 Å². The Kier molecular flexibility index (Phi) is 4.97. The van der Waals surface area contributed by atoms with Gasteiger partial charge in [-0.3, -0.25) is 4.98 Å². The van der Waals surface area contributed by atoms with Gasteiger partial charge in [-0.25, -0.2) is 0 Å². The number of pyridine rings is 1. The molecule has 0 bridgehead atoms. The van der Waals surface area contributed by atoms with Gasteiger partial charge in [0.05, 0.1) is 17.8 Å². The monoisotopic (exact) mass is 267 g/mol. The van der Waals surface area contributed by atoms with Crippen LogP contribution in [0.3, 0.4) is 0 Å². The summed E-state index contributed by atoms with van der Waals surface area (Å²) in [5, 5.41) is 4.48. The van der Waals surface area contributed by atoms with Gasteiger partial charge in [-0.15, -0.1) is 6.42 Å². The lowest BCUT2D eigenvalue weighted by Gasteiger charge is -2.23. The summed E-state index contributed by atoms with van der Waals surface area (Å²) < 4.78 is 0. The largest absolute Gasteiger partial charge is 0.360 e. The molecule has 3 nitrogen and oxygen atoms in total. The van der Waals surface area contributed by atoms with Crippen LogP contribution in [-0.2, 0) is 6.54 Å². The predicted molar refractivity (Wildman–Crippen MR) is 85.8 cm³/mol. The molecule has 0 radical (unpaired) electrons. The Balaban J connectivity index is 2.51. The third-order valence-corrected chi connectivity index (χ3v) is 3.31. The number of fused-ring (bicyclic) bond motifs is 1. The third kappa shape index (κ3) is 3.09. The van der Waals surface area contributed by atoms with Crippen LogP contribution in [0.25, 0.3) is 10.9 Å². The summed E-state index contributed by atoms with van der Waals surface area (Å²) in [5.41, 5.74) is 3.24. The summed E-state index contributed by atoms with van der Waals surface area (Å²) in [6, 6.07) is 10.4. The highest BCUT2D eigenvalue weighted by atomic mass is 15.1. The lowest BCUT2D eigenvalue weighted by molar-refractivity contribution is 0.712. The number of para-hydroxylation sites is 1. The Morgan fingerprint density at radius 3 is 2.80 bits per heavy atom. The molecule has 0 atom stereocenters. The van der Waals surface area contributed by atoms with Crippen molar-refractivity contribution in [2.75, 3.05) is 24.5 Å². The van der Waals surface area contributed by atoms with Crippen molar-refractivity contribution in [3.63, 3.8) is 0 Å². The first-order valence-corrected chi connectivity index (χ1v) is 7.08. The molecule has 0 aliphatic carbocycles. The Morgan fingerprint density at radius 2 is 2.10 bits per heavy atom. The summed E-state index contributed by atoms with van der Waals surface area (Å²) >= 11 is 0. The number of nitrogens with zero attached hydrogens (tertiary/aromatic N) is 2. The fourth-order valence-corrected chi connectivity index (χ4v) is 2.29. The summed E-state index contributed by atoms with van der Waals surface area (Å²) in [4.78, 5) is 6.92. The van der Waals surface area contributed by atoms with Crippen LogP contribution in [0.5, 0.6) is 0 Å². The van der Waals surface area contributed by atoms with Gasteiger partial charge in [-0.05, 0) is 25.6 Å². The van der Waals surface area contributed by atoms with Gasteiger partial charge in [0.15, 0.2) is 0 Å². The zero-order valence-corrected chi connectivity index (χ0v) is 12.2. The number of aromatic nitrogens is 1. The number of terminal acetylenes is 1. The van der Waals surface area contributed by atoms with Crippen LogP contribution in [0.2, 0.25) is 0 Å². The predicted octanol–water partition coefficient (Wildman–Crippen LogP) is 2.80. The van der Waals surface area contributed by atoms with Gasteiger partial charge in [0.1, 0.15) is 0 Å². The number of hydrogen-bond donors (Lipinski definition) is 1. The van der Waals surface area contributed by atoms with E-state index in [1.54, 1.807) is 0 Å². The lowest BCUT2D eigenvalue weighted by Crippen LogP contribution is -2.24. The Labute approximate surface area is 121 Å². The molecule has 0 saturated heterocycles. The molecule has 0 spiro atoms. The summed E-state index contributed by atoms with van der Waals surface area (Å²) in [6.07, 6.45) is 5.49. The quantitative estimate of drug-likeness (QED) is 0.816. The second-order valence-electron chi connectivity index (χ2n) is 4.65. The molecule has 1 N–H and O–H groups in total. The first-order chi connectivity index (χ1) is 9.80. The van der Waals surface area contributed by atoms with Gasteiger partial charge < -0.3 is 10.2 Å². The smallest absolute Gasteiger partial charge is 0.0791 e. The van der Waals surface area contributed by atoms with E-state index < -0.39 is 0 Å². The molecule has 1 aromatic heterocycles. The van der Waals surface area contributed by atoms with Gasteiger partial charge in [0.2, 0.25) is 0 Å². The van der Waals surface area contributed by atoms with Crippen LogP contribution in [0, 0.1) is 12.3 Å². The molecular formula is C17H21N3. The Morgan fingerprint density at radius 1 is 1.30 bits per heavy atom. The summed E-state index contributed by atoms with van der Waals surface area (Å²) in [5.74, 6) is 2.73. The van der Waals surface area contributed by atoms with Crippen LogP contribution in [0.15, 0.2) is 30.3 Å². The first kappa shape index (κ1) is 14.4. The highest BCUT2D eigenvalue weighted by Crippen LogP contribution is 2.26. The normalized spacial score (nSPS) is 10.4. The Bertz CT molecular complexity index is 613. The van der Waals surface area contributed by atoms with E-state index in [1.165, 1.54) is 5.69 Å². The zero-order chi connectivity index (χ0) is 14.4. The van der Waals surface area contributed by atoms with E-state index in [4.69, 9.17) is 11.4 Å².